The second-order valence-electron chi connectivity index (χ2n) is 5.38. The maximum atomic E-state index is 11.5. The number of rotatable bonds is 13. The highest BCUT2D eigenvalue weighted by atomic mass is 16.5. The number of aliphatic imine (C=N–C) groups is 1. The molecule has 0 atom stereocenters. The van der Waals surface area contributed by atoms with E-state index in [0.29, 0.717) is 19.7 Å². The van der Waals surface area contributed by atoms with Crippen LogP contribution < -0.4 is 16.4 Å². The van der Waals surface area contributed by atoms with Crippen molar-refractivity contribution in [3.63, 3.8) is 0 Å². The Labute approximate surface area is 135 Å². The first-order valence-corrected chi connectivity index (χ1v) is 8.63. The molecule has 0 aliphatic heterocycles. The van der Waals surface area contributed by atoms with Crippen molar-refractivity contribution >= 4 is 12.0 Å². The van der Waals surface area contributed by atoms with Gasteiger partial charge in [-0.25, -0.2) is 4.79 Å². The minimum absolute atomic E-state index is 0.188. The molecule has 4 N–H and O–H groups in total. The number of carbonyl (C=O) groups excluding carboxylic acids is 1. The van der Waals surface area contributed by atoms with Gasteiger partial charge in [0.05, 0.1) is 0 Å². The minimum atomic E-state index is -0.306. The monoisotopic (exact) mass is 314 g/mol. The maximum absolute atomic E-state index is 11.5. The van der Waals surface area contributed by atoms with Gasteiger partial charge >= 0.3 is 6.03 Å². The van der Waals surface area contributed by atoms with Crippen LogP contribution in [-0.4, -0.2) is 38.3 Å². The van der Waals surface area contributed by atoms with Crippen LogP contribution in [0, 0.1) is 0 Å². The summed E-state index contributed by atoms with van der Waals surface area (Å²) in [6.45, 7) is 6.95. The van der Waals surface area contributed by atoms with Crippen LogP contribution in [0.25, 0.3) is 0 Å². The summed E-state index contributed by atoms with van der Waals surface area (Å²) in [6.07, 6.45) is 9.09. The van der Waals surface area contributed by atoms with Crippen molar-refractivity contribution in [2.75, 3.05) is 26.3 Å². The summed E-state index contributed by atoms with van der Waals surface area (Å²) in [6, 6.07) is -0.306. The van der Waals surface area contributed by atoms with E-state index >= 15 is 0 Å². The normalized spacial score (nSPS) is 11.5. The van der Waals surface area contributed by atoms with Crippen LogP contribution in [0.4, 0.5) is 4.79 Å². The van der Waals surface area contributed by atoms with Gasteiger partial charge in [0.25, 0.3) is 0 Å². The van der Waals surface area contributed by atoms with Gasteiger partial charge < -0.3 is 15.8 Å². The maximum Gasteiger partial charge on any atom is 0.321 e. The molecule has 0 aromatic rings. The molecule has 6 nitrogen and oxygen atoms in total. The number of nitrogens with one attached hydrogen (secondary N) is 2. The van der Waals surface area contributed by atoms with E-state index in [4.69, 9.17) is 10.5 Å². The van der Waals surface area contributed by atoms with E-state index in [-0.39, 0.29) is 12.0 Å². The summed E-state index contributed by atoms with van der Waals surface area (Å²) in [5, 5.41) is 5.25. The van der Waals surface area contributed by atoms with Crippen molar-refractivity contribution < 1.29 is 9.53 Å². The van der Waals surface area contributed by atoms with Crippen molar-refractivity contribution in [2.24, 2.45) is 10.7 Å². The van der Waals surface area contributed by atoms with Gasteiger partial charge in [-0.3, -0.25) is 10.3 Å². The van der Waals surface area contributed by atoms with Gasteiger partial charge in [0.15, 0.2) is 5.96 Å². The first-order chi connectivity index (χ1) is 10.7. The number of nitrogens with zero attached hydrogens (tertiary/aromatic N) is 1. The molecule has 0 aliphatic carbocycles. The average Bonchev–Trinajstić information content (AvgIpc) is 2.50. The lowest BCUT2D eigenvalue weighted by atomic mass is 10.1. The molecule has 0 saturated carbocycles. The zero-order chi connectivity index (χ0) is 16.5. The molecule has 22 heavy (non-hydrogen) atoms. The van der Waals surface area contributed by atoms with Crippen molar-refractivity contribution in [3.8, 4) is 0 Å². The third kappa shape index (κ3) is 15.1. The number of hydrogen-bond donors (Lipinski definition) is 3. The van der Waals surface area contributed by atoms with Gasteiger partial charge in [-0.2, -0.15) is 0 Å². The molecule has 0 radical (unpaired) electrons. The zero-order valence-corrected chi connectivity index (χ0v) is 14.3. The van der Waals surface area contributed by atoms with E-state index in [2.05, 4.69) is 29.5 Å². The lowest BCUT2D eigenvalue weighted by Gasteiger charge is -2.07. The topological polar surface area (TPSA) is 88.7 Å². The van der Waals surface area contributed by atoms with Gasteiger partial charge in [0, 0.05) is 26.3 Å². The molecule has 0 aromatic carbocycles. The fraction of sp³-hybridized carbons (Fsp3) is 0.875. The first kappa shape index (κ1) is 20.7. The molecule has 0 heterocycles. The molecule has 0 aromatic heterocycles. The lowest BCUT2D eigenvalue weighted by molar-refractivity contribution is 0.132. The smallest absolute Gasteiger partial charge is 0.321 e. The van der Waals surface area contributed by atoms with Gasteiger partial charge in [-0.05, 0) is 19.3 Å². The third-order valence-corrected chi connectivity index (χ3v) is 3.13. The van der Waals surface area contributed by atoms with Crippen LogP contribution in [0.2, 0.25) is 0 Å². The van der Waals surface area contributed by atoms with Crippen LogP contribution in [0.5, 0.6) is 0 Å². The summed E-state index contributed by atoms with van der Waals surface area (Å²) in [4.78, 5) is 15.7. The van der Waals surface area contributed by atoms with Crippen molar-refractivity contribution in [1.29, 1.82) is 0 Å². The predicted molar refractivity (Wildman–Crippen MR) is 92.1 cm³/mol. The average molecular weight is 314 g/mol. The van der Waals surface area contributed by atoms with E-state index in [1.165, 1.54) is 32.1 Å². The molecular weight excluding hydrogens is 280 g/mol. The molecule has 0 fully saturated rings. The summed E-state index contributed by atoms with van der Waals surface area (Å²) in [5.41, 5.74) is 5.66. The highest BCUT2D eigenvalue weighted by Gasteiger charge is 2.01. The molecular formula is C16H34N4O2. The van der Waals surface area contributed by atoms with Crippen molar-refractivity contribution in [3.05, 3.63) is 0 Å². The number of hydrogen-bond acceptors (Lipinski definition) is 3. The van der Waals surface area contributed by atoms with Crippen molar-refractivity contribution in [1.82, 2.24) is 10.6 Å². The lowest BCUT2D eigenvalue weighted by Crippen LogP contribution is -2.43. The van der Waals surface area contributed by atoms with Crippen molar-refractivity contribution in [2.45, 2.75) is 65.2 Å². The molecule has 0 rings (SSSR count). The fourth-order valence-electron chi connectivity index (χ4n) is 1.91. The summed E-state index contributed by atoms with van der Waals surface area (Å²) >= 11 is 0. The largest absolute Gasteiger partial charge is 0.381 e. The van der Waals surface area contributed by atoms with E-state index in [9.17, 15) is 4.79 Å². The fourth-order valence-corrected chi connectivity index (χ4v) is 1.91. The number of nitrogens with two attached hydrogens (primary N) is 1. The number of ether oxygens (including phenoxy) is 1. The van der Waals surface area contributed by atoms with Crippen LogP contribution in [0.15, 0.2) is 4.99 Å². The summed E-state index contributed by atoms with van der Waals surface area (Å²) in [7, 11) is 0. The Balaban J connectivity index is 3.49. The van der Waals surface area contributed by atoms with Crippen LogP contribution in [0.1, 0.15) is 65.2 Å². The Morgan fingerprint density at radius 2 is 1.73 bits per heavy atom. The third-order valence-electron chi connectivity index (χ3n) is 3.13. The number of urea groups is 1. The molecule has 2 amide bonds. The molecule has 130 valence electrons. The highest BCUT2D eigenvalue weighted by molar-refractivity contribution is 5.95. The number of guanidine groups is 1. The van der Waals surface area contributed by atoms with E-state index in [1.807, 2.05) is 0 Å². The van der Waals surface area contributed by atoms with Gasteiger partial charge in [0.1, 0.15) is 0 Å². The molecule has 0 aliphatic rings. The highest BCUT2D eigenvalue weighted by Crippen LogP contribution is 2.04. The molecule has 0 unspecified atom stereocenters. The van der Waals surface area contributed by atoms with Gasteiger partial charge in [-0.15, -0.1) is 0 Å². The quantitative estimate of drug-likeness (QED) is 0.277. The summed E-state index contributed by atoms with van der Waals surface area (Å²) < 4.78 is 5.33. The van der Waals surface area contributed by atoms with E-state index in [0.717, 1.165) is 25.9 Å². The zero-order valence-electron chi connectivity index (χ0n) is 14.3. The summed E-state index contributed by atoms with van der Waals surface area (Å²) in [5.74, 6) is 0.188. The molecule has 0 bridgehead atoms. The predicted octanol–water partition coefficient (Wildman–Crippen LogP) is 2.78. The Kier molecular flexibility index (Phi) is 15.1. The Morgan fingerprint density at radius 3 is 2.45 bits per heavy atom. The molecule has 0 saturated heterocycles. The Hall–Kier alpha value is -1.30. The van der Waals surface area contributed by atoms with Gasteiger partial charge in [-0.1, -0.05) is 46.0 Å². The Bertz CT molecular complexity index is 296. The second-order valence-corrected chi connectivity index (χ2v) is 5.38. The standard InChI is InChI=1S/C16H34N4O2/c1-3-5-6-7-8-9-11-18-15(17)20-16(21)19-12-10-14-22-13-4-2/h3-14H2,1-2H3,(H4,17,18,19,20,21). The van der Waals surface area contributed by atoms with E-state index in [1.54, 1.807) is 0 Å². The number of unbranched alkanes of at least 4 members (excludes halogenated alkanes) is 5. The van der Waals surface area contributed by atoms with Gasteiger partial charge in [0.2, 0.25) is 0 Å². The van der Waals surface area contributed by atoms with Crippen LogP contribution >= 0.6 is 0 Å². The van der Waals surface area contributed by atoms with E-state index < -0.39 is 0 Å². The number of carbonyl (C=O) groups is 1. The number of amides is 2. The molecule has 0 spiro atoms. The minimum Gasteiger partial charge on any atom is -0.381 e. The van der Waals surface area contributed by atoms with Crippen LogP contribution in [0.3, 0.4) is 0 Å². The van der Waals surface area contributed by atoms with Crippen LogP contribution in [-0.2, 0) is 4.74 Å². The SMILES string of the molecule is CCCCCCCCN=C(N)NC(=O)NCCCOCCC. The Morgan fingerprint density at radius 1 is 1.00 bits per heavy atom. The molecule has 6 heteroatoms. The second kappa shape index (κ2) is 16.1. The first-order valence-electron chi connectivity index (χ1n) is 8.63.